The van der Waals surface area contributed by atoms with Crippen molar-refractivity contribution in [3.05, 3.63) is 64.2 Å². The number of carbonyl (C=O) groups is 1. The van der Waals surface area contributed by atoms with Gasteiger partial charge in [0.25, 0.3) is 5.91 Å². The number of hydrogen-bond donors (Lipinski definition) is 2. The maximum atomic E-state index is 13.0. The first kappa shape index (κ1) is 13.5. The van der Waals surface area contributed by atoms with E-state index in [-0.39, 0.29) is 11.7 Å². The highest BCUT2D eigenvalue weighted by Crippen LogP contribution is 2.21. The third-order valence-electron chi connectivity index (χ3n) is 3.02. The zero-order valence-corrected chi connectivity index (χ0v) is 11.8. The Hall–Kier alpha value is -2.47. The summed E-state index contributed by atoms with van der Waals surface area (Å²) in [6.07, 6.45) is 1.47. The molecule has 0 spiro atoms. The molecule has 3 aromatic rings. The van der Waals surface area contributed by atoms with E-state index < -0.39 is 0 Å². The van der Waals surface area contributed by atoms with Crippen molar-refractivity contribution < 1.29 is 9.18 Å². The number of thiophene rings is 1. The summed E-state index contributed by atoms with van der Waals surface area (Å²) >= 11 is 1.58. The van der Waals surface area contributed by atoms with E-state index in [2.05, 4.69) is 15.5 Å². The number of aromatic nitrogens is 2. The van der Waals surface area contributed by atoms with E-state index in [1.165, 1.54) is 18.3 Å². The Morgan fingerprint density at radius 1 is 1.29 bits per heavy atom. The lowest BCUT2D eigenvalue weighted by atomic mass is 10.1. The fourth-order valence-corrected chi connectivity index (χ4v) is 2.62. The van der Waals surface area contributed by atoms with Crippen LogP contribution in [0.1, 0.15) is 15.2 Å². The SMILES string of the molecule is O=C(NCc1cccs1)c1cn[nH]c1-c1ccc(F)cc1. The van der Waals surface area contributed by atoms with E-state index >= 15 is 0 Å². The second kappa shape index (κ2) is 5.88. The second-order valence-electron chi connectivity index (χ2n) is 4.43. The Labute approximate surface area is 124 Å². The monoisotopic (exact) mass is 301 g/mol. The summed E-state index contributed by atoms with van der Waals surface area (Å²) in [5.74, 6) is -0.529. The lowest BCUT2D eigenvalue weighted by Gasteiger charge is -2.05. The molecule has 0 saturated heterocycles. The van der Waals surface area contributed by atoms with Gasteiger partial charge in [-0.2, -0.15) is 5.10 Å². The van der Waals surface area contributed by atoms with Gasteiger partial charge in [0.2, 0.25) is 0 Å². The number of benzene rings is 1. The largest absolute Gasteiger partial charge is 0.347 e. The minimum Gasteiger partial charge on any atom is -0.347 e. The van der Waals surface area contributed by atoms with Crippen LogP contribution >= 0.6 is 11.3 Å². The Morgan fingerprint density at radius 2 is 2.10 bits per heavy atom. The Kier molecular flexibility index (Phi) is 3.79. The summed E-state index contributed by atoms with van der Waals surface area (Å²) < 4.78 is 13.0. The summed E-state index contributed by atoms with van der Waals surface area (Å²) in [4.78, 5) is 13.3. The van der Waals surface area contributed by atoms with Crippen molar-refractivity contribution in [1.82, 2.24) is 15.5 Å². The molecule has 2 heterocycles. The van der Waals surface area contributed by atoms with Gasteiger partial charge in [-0.1, -0.05) is 6.07 Å². The summed E-state index contributed by atoms with van der Waals surface area (Å²) in [7, 11) is 0. The lowest BCUT2D eigenvalue weighted by molar-refractivity contribution is 0.0952. The summed E-state index contributed by atoms with van der Waals surface area (Å²) in [6.45, 7) is 0.477. The number of amides is 1. The molecule has 0 fully saturated rings. The first-order chi connectivity index (χ1) is 10.2. The smallest absolute Gasteiger partial charge is 0.255 e. The number of aromatic amines is 1. The lowest BCUT2D eigenvalue weighted by Crippen LogP contribution is -2.22. The van der Waals surface area contributed by atoms with E-state index in [4.69, 9.17) is 0 Å². The van der Waals surface area contributed by atoms with Crippen molar-refractivity contribution in [2.45, 2.75) is 6.54 Å². The predicted molar refractivity (Wildman–Crippen MR) is 79.5 cm³/mol. The molecule has 3 rings (SSSR count). The molecular formula is C15H12FN3OS. The van der Waals surface area contributed by atoms with Crippen LogP contribution in [0.5, 0.6) is 0 Å². The van der Waals surface area contributed by atoms with Crippen molar-refractivity contribution in [2.75, 3.05) is 0 Å². The molecule has 4 nitrogen and oxygen atoms in total. The number of nitrogens with zero attached hydrogens (tertiary/aromatic N) is 1. The van der Waals surface area contributed by atoms with Gasteiger partial charge in [0.15, 0.2) is 0 Å². The van der Waals surface area contributed by atoms with Crippen molar-refractivity contribution >= 4 is 17.2 Å². The van der Waals surface area contributed by atoms with Crippen LogP contribution in [0, 0.1) is 5.82 Å². The molecule has 0 aliphatic heterocycles. The van der Waals surface area contributed by atoms with Gasteiger partial charge in [-0.15, -0.1) is 11.3 Å². The second-order valence-corrected chi connectivity index (χ2v) is 5.46. The van der Waals surface area contributed by atoms with Crippen LogP contribution in [0.15, 0.2) is 48.0 Å². The third kappa shape index (κ3) is 3.00. The third-order valence-corrected chi connectivity index (χ3v) is 3.90. The molecule has 0 saturated carbocycles. The average molecular weight is 301 g/mol. The van der Waals surface area contributed by atoms with Gasteiger partial charge in [0, 0.05) is 10.4 Å². The molecule has 1 amide bonds. The molecule has 2 aromatic heterocycles. The van der Waals surface area contributed by atoms with Gasteiger partial charge >= 0.3 is 0 Å². The van der Waals surface area contributed by atoms with Crippen molar-refractivity contribution in [2.24, 2.45) is 0 Å². The number of hydrogen-bond acceptors (Lipinski definition) is 3. The summed E-state index contributed by atoms with van der Waals surface area (Å²) in [5, 5.41) is 11.5. The van der Waals surface area contributed by atoms with Crippen LogP contribution in [0.2, 0.25) is 0 Å². The topological polar surface area (TPSA) is 57.8 Å². The molecule has 2 N–H and O–H groups in total. The van der Waals surface area contributed by atoms with E-state index in [1.54, 1.807) is 23.5 Å². The molecule has 0 radical (unpaired) electrons. The van der Waals surface area contributed by atoms with E-state index in [0.29, 0.717) is 17.8 Å². The summed E-state index contributed by atoms with van der Waals surface area (Å²) in [6, 6.07) is 9.82. The highest BCUT2D eigenvalue weighted by atomic mass is 32.1. The summed E-state index contributed by atoms with van der Waals surface area (Å²) in [5.41, 5.74) is 1.74. The molecule has 0 aliphatic rings. The van der Waals surface area contributed by atoms with Crippen molar-refractivity contribution in [1.29, 1.82) is 0 Å². The molecular weight excluding hydrogens is 289 g/mol. The van der Waals surface area contributed by atoms with Crippen LogP contribution in [-0.4, -0.2) is 16.1 Å². The standard InChI is InChI=1S/C15H12FN3OS/c16-11-5-3-10(4-6-11)14-13(9-18-19-14)15(20)17-8-12-2-1-7-21-12/h1-7,9H,8H2,(H,17,20)(H,18,19). The first-order valence-electron chi connectivity index (χ1n) is 6.34. The van der Waals surface area contributed by atoms with Gasteiger partial charge in [0.1, 0.15) is 5.82 Å². The van der Waals surface area contributed by atoms with Crippen molar-refractivity contribution in [3.8, 4) is 11.3 Å². The number of rotatable bonds is 4. The highest BCUT2D eigenvalue weighted by molar-refractivity contribution is 7.09. The zero-order chi connectivity index (χ0) is 14.7. The van der Waals surface area contributed by atoms with Gasteiger partial charge in [-0.05, 0) is 35.7 Å². The molecule has 21 heavy (non-hydrogen) atoms. The minimum absolute atomic E-state index is 0.212. The van der Waals surface area contributed by atoms with Crippen molar-refractivity contribution in [3.63, 3.8) is 0 Å². The van der Waals surface area contributed by atoms with Crippen LogP contribution in [-0.2, 0) is 6.54 Å². The van der Waals surface area contributed by atoms with Crippen LogP contribution in [0.25, 0.3) is 11.3 Å². The highest BCUT2D eigenvalue weighted by Gasteiger charge is 2.15. The fraction of sp³-hybridized carbons (Fsp3) is 0.0667. The maximum absolute atomic E-state index is 13.0. The molecule has 0 aliphatic carbocycles. The molecule has 6 heteroatoms. The Morgan fingerprint density at radius 3 is 2.81 bits per heavy atom. The number of H-pyrrole nitrogens is 1. The Balaban J connectivity index is 1.78. The number of halogens is 1. The molecule has 106 valence electrons. The maximum Gasteiger partial charge on any atom is 0.255 e. The number of nitrogens with one attached hydrogen (secondary N) is 2. The van der Waals surface area contributed by atoms with Gasteiger partial charge < -0.3 is 5.32 Å². The van der Waals surface area contributed by atoms with Gasteiger partial charge in [-0.25, -0.2) is 4.39 Å². The predicted octanol–water partition coefficient (Wildman–Crippen LogP) is 3.21. The quantitative estimate of drug-likeness (QED) is 0.777. The van der Waals surface area contributed by atoms with Crippen LogP contribution < -0.4 is 5.32 Å². The molecule has 0 unspecified atom stereocenters. The first-order valence-corrected chi connectivity index (χ1v) is 7.22. The van der Waals surface area contributed by atoms with E-state index in [0.717, 1.165) is 10.4 Å². The normalized spacial score (nSPS) is 10.5. The Bertz CT molecular complexity index is 735. The zero-order valence-electron chi connectivity index (χ0n) is 11.0. The molecule has 1 aromatic carbocycles. The number of carbonyl (C=O) groups excluding carboxylic acids is 1. The van der Waals surface area contributed by atoms with Crippen LogP contribution in [0.4, 0.5) is 4.39 Å². The van der Waals surface area contributed by atoms with Gasteiger partial charge in [-0.3, -0.25) is 9.89 Å². The fourth-order valence-electron chi connectivity index (χ4n) is 1.97. The molecule has 0 bridgehead atoms. The average Bonchev–Trinajstić information content (AvgIpc) is 3.17. The van der Waals surface area contributed by atoms with Gasteiger partial charge in [0.05, 0.1) is 24.0 Å². The van der Waals surface area contributed by atoms with Crippen LogP contribution in [0.3, 0.4) is 0 Å². The van der Waals surface area contributed by atoms with E-state index in [1.807, 2.05) is 17.5 Å². The minimum atomic E-state index is -0.318. The van der Waals surface area contributed by atoms with E-state index in [9.17, 15) is 9.18 Å². The molecule has 0 atom stereocenters.